The van der Waals surface area contributed by atoms with E-state index >= 15 is 0 Å². The van der Waals surface area contributed by atoms with Gasteiger partial charge in [-0.1, -0.05) is 12.1 Å². The molecule has 0 aromatic heterocycles. The third kappa shape index (κ3) is 1.58. The summed E-state index contributed by atoms with van der Waals surface area (Å²) in [6.45, 7) is 0. The first kappa shape index (κ1) is 12.5. The maximum atomic E-state index is 12.6. The summed E-state index contributed by atoms with van der Waals surface area (Å²) in [5.41, 5.74) is 2.93. The highest BCUT2D eigenvalue weighted by Gasteiger charge is 2.31. The van der Waals surface area contributed by atoms with E-state index in [2.05, 4.69) is 0 Å². The number of benzene rings is 2. The van der Waals surface area contributed by atoms with Gasteiger partial charge < -0.3 is 14.2 Å². The van der Waals surface area contributed by atoms with E-state index in [1.807, 2.05) is 18.2 Å². The Morgan fingerprint density at radius 2 is 1.35 bits per heavy atom. The van der Waals surface area contributed by atoms with Gasteiger partial charge in [0.15, 0.2) is 17.3 Å². The van der Waals surface area contributed by atoms with Crippen LogP contribution < -0.4 is 14.2 Å². The first-order valence-electron chi connectivity index (χ1n) is 6.19. The quantitative estimate of drug-likeness (QED) is 0.734. The largest absolute Gasteiger partial charge is 0.496 e. The molecule has 0 aliphatic heterocycles. The fraction of sp³-hybridized carbons (Fsp3) is 0.188. The Kier molecular flexibility index (Phi) is 2.86. The molecule has 2 aromatic rings. The number of carbonyl (C=O) groups is 1. The fourth-order valence-corrected chi connectivity index (χ4v) is 2.58. The SMILES string of the molecule is COc1cc2c(cc1OC)-c1cccc(OC)c1C2=O. The van der Waals surface area contributed by atoms with E-state index in [4.69, 9.17) is 14.2 Å². The van der Waals surface area contributed by atoms with Crippen LogP contribution in [0.15, 0.2) is 30.3 Å². The lowest BCUT2D eigenvalue weighted by Gasteiger charge is -2.09. The predicted octanol–water partition coefficient (Wildman–Crippen LogP) is 2.92. The molecule has 4 nitrogen and oxygen atoms in total. The number of hydrogen-bond donors (Lipinski definition) is 0. The second kappa shape index (κ2) is 4.56. The monoisotopic (exact) mass is 270 g/mol. The Labute approximate surface area is 116 Å². The number of carbonyl (C=O) groups excluding carboxylic acids is 1. The first-order chi connectivity index (χ1) is 9.71. The number of rotatable bonds is 3. The molecular weight excluding hydrogens is 256 g/mol. The molecule has 0 saturated carbocycles. The standard InChI is InChI=1S/C16H14O4/c1-18-12-6-4-5-9-10-7-13(19-2)14(20-3)8-11(10)16(17)15(9)12/h4-8H,1-3H3. The smallest absolute Gasteiger partial charge is 0.198 e. The summed E-state index contributed by atoms with van der Waals surface area (Å²) in [6.07, 6.45) is 0. The zero-order chi connectivity index (χ0) is 14.3. The van der Waals surface area contributed by atoms with Gasteiger partial charge in [-0.15, -0.1) is 0 Å². The van der Waals surface area contributed by atoms with E-state index < -0.39 is 0 Å². The molecule has 0 heterocycles. The third-order valence-electron chi connectivity index (χ3n) is 3.53. The van der Waals surface area contributed by atoms with Crippen molar-refractivity contribution < 1.29 is 19.0 Å². The van der Waals surface area contributed by atoms with E-state index in [1.54, 1.807) is 33.5 Å². The van der Waals surface area contributed by atoms with Crippen molar-refractivity contribution in [3.8, 4) is 28.4 Å². The second-order valence-corrected chi connectivity index (χ2v) is 4.46. The zero-order valence-electron chi connectivity index (χ0n) is 11.5. The third-order valence-corrected chi connectivity index (χ3v) is 3.53. The van der Waals surface area contributed by atoms with Gasteiger partial charge in [0.25, 0.3) is 0 Å². The van der Waals surface area contributed by atoms with Crippen LogP contribution in [0.5, 0.6) is 17.2 Å². The van der Waals surface area contributed by atoms with Crippen molar-refractivity contribution in [3.05, 3.63) is 41.5 Å². The van der Waals surface area contributed by atoms with Crippen LogP contribution >= 0.6 is 0 Å². The molecule has 102 valence electrons. The van der Waals surface area contributed by atoms with Crippen LogP contribution in [-0.2, 0) is 0 Å². The Balaban J connectivity index is 2.29. The molecule has 0 unspecified atom stereocenters. The maximum Gasteiger partial charge on any atom is 0.198 e. The summed E-state index contributed by atoms with van der Waals surface area (Å²) in [5, 5.41) is 0. The minimum atomic E-state index is -0.0478. The highest BCUT2D eigenvalue weighted by Crippen LogP contribution is 2.45. The second-order valence-electron chi connectivity index (χ2n) is 4.46. The maximum absolute atomic E-state index is 12.6. The van der Waals surface area contributed by atoms with Crippen LogP contribution in [0.25, 0.3) is 11.1 Å². The molecule has 0 saturated heterocycles. The van der Waals surface area contributed by atoms with Gasteiger partial charge in [-0.2, -0.15) is 0 Å². The van der Waals surface area contributed by atoms with Crippen molar-refractivity contribution >= 4 is 5.78 Å². The number of ether oxygens (including phenoxy) is 3. The molecule has 1 aliphatic rings. The van der Waals surface area contributed by atoms with Crippen LogP contribution in [0.1, 0.15) is 15.9 Å². The average Bonchev–Trinajstić information content (AvgIpc) is 2.78. The van der Waals surface area contributed by atoms with Gasteiger partial charge in [-0.25, -0.2) is 0 Å². The Hall–Kier alpha value is -2.49. The van der Waals surface area contributed by atoms with Gasteiger partial charge in [0, 0.05) is 5.56 Å². The van der Waals surface area contributed by atoms with Gasteiger partial charge >= 0.3 is 0 Å². The zero-order valence-corrected chi connectivity index (χ0v) is 11.5. The van der Waals surface area contributed by atoms with E-state index in [1.165, 1.54) is 0 Å². The van der Waals surface area contributed by atoms with Crippen molar-refractivity contribution in [1.82, 2.24) is 0 Å². The minimum Gasteiger partial charge on any atom is -0.496 e. The Bertz CT molecular complexity index is 704. The number of ketones is 1. The summed E-state index contributed by atoms with van der Waals surface area (Å²) < 4.78 is 15.8. The highest BCUT2D eigenvalue weighted by molar-refractivity contribution is 6.23. The lowest BCUT2D eigenvalue weighted by Crippen LogP contribution is -1.99. The Morgan fingerprint density at radius 3 is 1.95 bits per heavy atom. The lowest BCUT2D eigenvalue weighted by atomic mass is 10.0. The molecule has 0 radical (unpaired) electrons. The lowest BCUT2D eigenvalue weighted by molar-refractivity contribution is 0.104. The van der Waals surface area contributed by atoms with Crippen molar-refractivity contribution in [2.45, 2.75) is 0 Å². The Morgan fingerprint density at radius 1 is 0.750 bits per heavy atom. The van der Waals surface area contributed by atoms with Gasteiger partial charge in [0.05, 0.1) is 26.9 Å². The van der Waals surface area contributed by atoms with Crippen LogP contribution in [0.2, 0.25) is 0 Å². The summed E-state index contributed by atoms with van der Waals surface area (Å²) >= 11 is 0. The van der Waals surface area contributed by atoms with Gasteiger partial charge in [0.2, 0.25) is 0 Å². The topological polar surface area (TPSA) is 44.8 Å². The van der Waals surface area contributed by atoms with Crippen molar-refractivity contribution in [2.24, 2.45) is 0 Å². The summed E-state index contributed by atoms with van der Waals surface area (Å²) in [4.78, 5) is 12.6. The van der Waals surface area contributed by atoms with E-state index in [0.29, 0.717) is 28.4 Å². The van der Waals surface area contributed by atoms with E-state index in [0.717, 1.165) is 11.1 Å². The minimum absolute atomic E-state index is 0.0478. The van der Waals surface area contributed by atoms with Crippen LogP contribution in [0.3, 0.4) is 0 Å². The molecule has 20 heavy (non-hydrogen) atoms. The molecule has 2 aromatic carbocycles. The molecule has 0 atom stereocenters. The molecular formula is C16H14O4. The van der Waals surface area contributed by atoms with Gasteiger partial charge in [-0.3, -0.25) is 4.79 Å². The van der Waals surface area contributed by atoms with Gasteiger partial charge in [0.1, 0.15) is 5.75 Å². The summed E-state index contributed by atoms with van der Waals surface area (Å²) in [7, 11) is 4.69. The number of hydrogen-bond acceptors (Lipinski definition) is 4. The van der Waals surface area contributed by atoms with Crippen LogP contribution in [0, 0.1) is 0 Å². The van der Waals surface area contributed by atoms with Crippen molar-refractivity contribution in [2.75, 3.05) is 21.3 Å². The van der Waals surface area contributed by atoms with Crippen LogP contribution in [-0.4, -0.2) is 27.1 Å². The first-order valence-corrected chi connectivity index (χ1v) is 6.19. The molecule has 0 N–H and O–H groups in total. The number of methoxy groups -OCH3 is 3. The molecule has 3 rings (SSSR count). The van der Waals surface area contributed by atoms with Gasteiger partial charge in [-0.05, 0) is 29.3 Å². The normalized spacial score (nSPS) is 11.8. The summed E-state index contributed by atoms with van der Waals surface area (Å²) in [5.74, 6) is 1.69. The van der Waals surface area contributed by atoms with Crippen molar-refractivity contribution in [3.63, 3.8) is 0 Å². The number of fused-ring (bicyclic) bond motifs is 3. The molecule has 0 fully saturated rings. The molecule has 0 amide bonds. The summed E-state index contributed by atoms with van der Waals surface area (Å²) in [6, 6.07) is 9.12. The van der Waals surface area contributed by atoms with E-state index in [-0.39, 0.29) is 5.78 Å². The molecule has 1 aliphatic carbocycles. The molecule has 0 bridgehead atoms. The fourth-order valence-electron chi connectivity index (χ4n) is 2.58. The molecule has 0 spiro atoms. The average molecular weight is 270 g/mol. The molecule has 4 heteroatoms. The predicted molar refractivity (Wildman–Crippen MR) is 75.0 cm³/mol. The van der Waals surface area contributed by atoms with E-state index in [9.17, 15) is 4.79 Å². The highest BCUT2D eigenvalue weighted by atomic mass is 16.5. The van der Waals surface area contributed by atoms with Crippen molar-refractivity contribution in [1.29, 1.82) is 0 Å². The van der Waals surface area contributed by atoms with Crippen LogP contribution in [0.4, 0.5) is 0 Å².